The molecule has 2 N–H and O–H groups in total. The van der Waals surface area contributed by atoms with Gasteiger partial charge < -0.3 is 5.11 Å². The van der Waals surface area contributed by atoms with Crippen LogP contribution >= 0.6 is 0 Å². The number of hydrazine groups is 1. The van der Waals surface area contributed by atoms with Crippen molar-refractivity contribution in [1.82, 2.24) is 10.4 Å². The number of carbonyl (C=O) groups excluding carboxylic acids is 1. The van der Waals surface area contributed by atoms with Gasteiger partial charge in [-0.15, -0.1) is 0 Å². The van der Waals surface area contributed by atoms with E-state index in [1.165, 1.54) is 12.1 Å². The fourth-order valence-electron chi connectivity index (χ4n) is 2.58. The summed E-state index contributed by atoms with van der Waals surface area (Å²) < 4.78 is 39.9. The van der Waals surface area contributed by atoms with Gasteiger partial charge in [0.05, 0.1) is 11.3 Å². The average Bonchev–Trinajstić information content (AvgIpc) is 3.30. The molecule has 2 aliphatic rings. The van der Waals surface area contributed by atoms with Crippen molar-refractivity contribution in [2.45, 2.75) is 31.2 Å². The molecule has 1 amide bonds. The maximum Gasteiger partial charge on any atom is 0.442 e. The third kappa shape index (κ3) is 3.16. The highest BCUT2D eigenvalue weighted by Crippen LogP contribution is 2.44. The van der Waals surface area contributed by atoms with Crippen molar-refractivity contribution in [1.29, 1.82) is 0 Å². The summed E-state index contributed by atoms with van der Waals surface area (Å²) in [5.74, 6) is -1.12. The second kappa shape index (κ2) is 5.73. The molecule has 0 radical (unpaired) electrons. The quantitative estimate of drug-likeness (QED) is 0.635. The van der Waals surface area contributed by atoms with Crippen molar-refractivity contribution >= 4 is 11.6 Å². The summed E-state index contributed by atoms with van der Waals surface area (Å²) in [6, 6.07) is 4.88. The maximum absolute atomic E-state index is 13.3. The highest BCUT2D eigenvalue weighted by molar-refractivity contribution is 5.80. The van der Waals surface area contributed by atoms with Gasteiger partial charge >= 0.3 is 6.18 Å². The Morgan fingerprint density at radius 1 is 1.36 bits per heavy atom. The Morgan fingerprint density at radius 3 is 2.44 bits per heavy atom. The number of benzene rings is 1. The van der Waals surface area contributed by atoms with Gasteiger partial charge in [0.1, 0.15) is 0 Å². The number of non-ortho nitro benzene ring substituents is 1. The number of alkyl halides is 3. The Balaban J connectivity index is 1.79. The van der Waals surface area contributed by atoms with Crippen LogP contribution in [0.2, 0.25) is 0 Å². The van der Waals surface area contributed by atoms with E-state index in [1.54, 1.807) is 0 Å². The number of allylic oxidation sites excluding steroid dienone is 1. The molecule has 1 aromatic carbocycles. The molecule has 10 heteroatoms. The molecule has 1 unspecified atom stereocenters. The van der Waals surface area contributed by atoms with Crippen LogP contribution in [0.25, 0.3) is 0 Å². The fourth-order valence-corrected chi connectivity index (χ4v) is 2.58. The Morgan fingerprint density at radius 2 is 1.96 bits per heavy atom. The van der Waals surface area contributed by atoms with Gasteiger partial charge in [-0.25, -0.2) is 5.01 Å². The van der Waals surface area contributed by atoms with Crippen LogP contribution in [-0.2, 0) is 11.2 Å². The third-order valence-electron chi connectivity index (χ3n) is 4.12. The molecule has 0 spiro atoms. The summed E-state index contributed by atoms with van der Waals surface area (Å²) in [5.41, 5.74) is -0.771. The van der Waals surface area contributed by atoms with Crippen molar-refractivity contribution in [3.05, 3.63) is 51.7 Å². The van der Waals surface area contributed by atoms with Crippen LogP contribution in [0.3, 0.4) is 0 Å². The third-order valence-corrected chi connectivity index (χ3v) is 4.12. The van der Waals surface area contributed by atoms with Crippen LogP contribution < -0.4 is 5.43 Å². The number of nitrogens with one attached hydrogen (secondary N) is 1. The second-order valence-corrected chi connectivity index (χ2v) is 6.04. The van der Waals surface area contributed by atoms with Gasteiger partial charge in [0, 0.05) is 29.8 Å². The van der Waals surface area contributed by atoms with E-state index in [9.17, 15) is 33.2 Å². The van der Waals surface area contributed by atoms with Gasteiger partial charge in [0.15, 0.2) is 0 Å². The highest BCUT2D eigenvalue weighted by Gasteiger charge is 2.62. The van der Waals surface area contributed by atoms with Crippen LogP contribution in [0.1, 0.15) is 18.4 Å². The average molecular weight is 357 g/mol. The van der Waals surface area contributed by atoms with Crippen LogP contribution in [0.5, 0.6) is 0 Å². The van der Waals surface area contributed by atoms with E-state index in [1.807, 2.05) is 0 Å². The number of nitrogens with zero attached hydrogens (tertiary/aromatic N) is 2. The molecule has 0 saturated heterocycles. The molecule has 7 nitrogen and oxygen atoms in total. The Labute approximate surface area is 139 Å². The number of amides is 1. The molecule has 25 heavy (non-hydrogen) atoms. The molecular formula is C15H14F3N3O4. The molecule has 1 saturated carbocycles. The van der Waals surface area contributed by atoms with Gasteiger partial charge in [-0.2, -0.15) is 13.2 Å². The van der Waals surface area contributed by atoms with E-state index >= 15 is 0 Å². The number of nitro benzene ring substituents is 1. The minimum Gasteiger partial charge on any atom is -0.359 e. The number of halogens is 3. The molecule has 134 valence electrons. The van der Waals surface area contributed by atoms with Crippen molar-refractivity contribution in [3.8, 4) is 0 Å². The van der Waals surface area contributed by atoms with Gasteiger partial charge in [-0.1, -0.05) is 12.1 Å². The van der Waals surface area contributed by atoms with E-state index < -0.39 is 29.2 Å². The van der Waals surface area contributed by atoms with E-state index in [0.717, 1.165) is 12.1 Å². The Kier molecular flexibility index (Phi) is 3.94. The zero-order valence-electron chi connectivity index (χ0n) is 12.8. The lowest BCUT2D eigenvalue weighted by Crippen LogP contribution is -2.60. The van der Waals surface area contributed by atoms with E-state index in [-0.39, 0.29) is 22.3 Å². The van der Waals surface area contributed by atoms with Crippen molar-refractivity contribution < 1.29 is 28.0 Å². The van der Waals surface area contributed by atoms with E-state index in [4.69, 9.17) is 0 Å². The topological polar surface area (TPSA) is 95.7 Å². The van der Waals surface area contributed by atoms with Crippen LogP contribution in [0, 0.1) is 16.0 Å². The number of hydrogen-bond donors (Lipinski definition) is 2. The minimum atomic E-state index is -5.07. The smallest absolute Gasteiger partial charge is 0.359 e. The molecule has 0 aromatic heterocycles. The number of rotatable bonds is 4. The summed E-state index contributed by atoms with van der Waals surface area (Å²) in [5, 5.41) is 20.8. The van der Waals surface area contributed by atoms with Crippen molar-refractivity contribution in [3.63, 3.8) is 0 Å². The van der Waals surface area contributed by atoms with Gasteiger partial charge in [-0.05, 0) is 18.4 Å². The molecule has 0 bridgehead atoms. The second-order valence-electron chi connectivity index (χ2n) is 6.04. The predicted molar refractivity (Wildman–Crippen MR) is 78.6 cm³/mol. The van der Waals surface area contributed by atoms with Crippen molar-refractivity contribution in [2.24, 2.45) is 5.92 Å². The zero-order valence-corrected chi connectivity index (χ0v) is 12.8. The summed E-state index contributed by atoms with van der Waals surface area (Å²) in [4.78, 5) is 22.3. The number of carbonyl (C=O) groups is 1. The Hall–Kier alpha value is -2.62. The molecule has 1 fully saturated rings. The number of nitro groups is 1. The molecule has 1 aliphatic carbocycles. The highest BCUT2D eigenvalue weighted by atomic mass is 19.4. The standard InChI is InChI=1S/C15H14F3N3O4/c16-15(17,18)14(23)8-12(10-3-4-10)19-20(14)13(22)7-9-1-5-11(6-2-9)21(24)25/h1-2,5-6,8,10,19,23H,3-4,7H2. The van der Waals surface area contributed by atoms with Crippen LogP contribution in [-0.4, -0.2) is 32.8 Å². The first kappa shape index (κ1) is 17.2. The van der Waals surface area contributed by atoms with Crippen LogP contribution in [0.15, 0.2) is 36.0 Å². The zero-order chi connectivity index (χ0) is 18.4. The molecule has 1 aliphatic heterocycles. The summed E-state index contributed by atoms with van der Waals surface area (Å²) >= 11 is 0. The first-order chi connectivity index (χ1) is 11.6. The SMILES string of the molecule is O=C(Cc1ccc([N+](=O)[O-])cc1)N1NC(C2CC2)=CC1(O)C(F)(F)F. The van der Waals surface area contributed by atoms with E-state index in [2.05, 4.69) is 5.43 Å². The number of hydrogen-bond acceptors (Lipinski definition) is 5. The first-order valence-corrected chi connectivity index (χ1v) is 7.47. The summed E-state index contributed by atoms with van der Waals surface area (Å²) in [7, 11) is 0. The minimum absolute atomic E-state index is 0.119. The maximum atomic E-state index is 13.3. The fraction of sp³-hybridized carbons (Fsp3) is 0.400. The molecule has 1 heterocycles. The summed E-state index contributed by atoms with van der Waals surface area (Å²) in [6.07, 6.45) is -3.50. The van der Waals surface area contributed by atoms with E-state index in [0.29, 0.717) is 24.5 Å². The lowest BCUT2D eigenvalue weighted by Gasteiger charge is -2.33. The normalized spacial score (nSPS) is 23.2. The lowest BCUT2D eigenvalue weighted by atomic mass is 10.1. The van der Waals surface area contributed by atoms with Gasteiger partial charge in [-0.3, -0.25) is 20.3 Å². The molecule has 1 aromatic rings. The Bertz CT molecular complexity index is 743. The molecular weight excluding hydrogens is 343 g/mol. The lowest BCUT2D eigenvalue weighted by molar-refractivity contribution is -0.384. The molecule has 1 atom stereocenters. The molecule has 3 rings (SSSR count). The van der Waals surface area contributed by atoms with Gasteiger partial charge in [0.25, 0.3) is 11.4 Å². The summed E-state index contributed by atoms with van der Waals surface area (Å²) in [6.45, 7) is 0. The van der Waals surface area contributed by atoms with Crippen molar-refractivity contribution in [2.75, 3.05) is 0 Å². The monoisotopic (exact) mass is 357 g/mol. The largest absolute Gasteiger partial charge is 0.442 e. The van der Waals surface area contributed by atoms with Crippen LogP contribution in [0.4, 0.5) is 18.9 Å². The van der Waals surface area contributed by atoms with Gasteiger partial charge in [0.2, 0.25) is 5.91 Å². The first-order valence-electron chi connectivity index (χ1n) is 7.47. The predicted octanol–water partition coefficient (Wildman–Crippen LogP) is 2.03. The number of aliphatic hydroxyl groups is 1.